The fourth-order valence-electron chi connectivity index (χ4n) is 1.28. The summed E-state index contributed by atoms with van der Waals surface area (Å²) in [4.78, 5) is 3.85. The van der Waals surface area contributed by atoms with Gasteiger partial charge in [0.1, 0.15) is 0 Å². The topological polar surface area (TPSA) is 47.0 Å². The van der Waals surface area contributed by atoms with E-state index in [1.807, 2.05) is 0 Å². The highest BCUT2D eigenvalue weighted by Gasteiger charge is 2.28. The first kappa shape index (κ1) is 8.19. The lowest BCUT2D eigenvalue weighted by atomic mass is 10.2. The van der Waals surface area contributed by atoms with Gasteiger partial charge in [0.15, 0.2) is 14.9 Å². The third kappa shape index (κ3) is 1.08. The number of halogens is 1. The maximum absolute atomic E-state index is 11.3. The minimum atomic E-state index is -3.07. The van der Waals surface area contributed by atoms with Crippen LogP contribution in [-0.4, -0.2) is 19.2 Å². The van der Waals surface area contributed by atoms with Crippen LogP contribution in [0.25, 0.3) is 0 Å². The predicted octanol–water partition coefficient (Wildman–Crippen LogP) is 1.17. The van der Waals surface area contributed by atoms with Crippen LogP contribution in [0.2, 0.25) is 0 Å². The van der Waals surface area contributed by atoms with Crippen LogP contribution in [0.5, 0.6) is 0 Å². The number of rotatable bonds is 0. The molecule has 2 heterocycles. The minimum absolute atomic E-state index is 0.192. The molecule has 0 fully saturated rings. The molecule has 0 saturated heterocycles. The largest absolute Gasteiger partial charge is 0.244 e. The molecule has 64 valence electrons. The molecule has 0 saturated carbocycles. The SMILES string of the molecule is O=S1(=O)CCc2c(Br)ccnc21. The molecule has 0 amide bonds. The maximum atomic E-state index is 11.3. The van der Waals surface area contributed by atoms with Crippen molar-refractivity contribution in [1.82, 2.24) is 4.98 Å². The van der Waals surface area contributed by atoms with Gasteiger partial charge in [-0.05, 0) is 12.5 Å². The van der Waals surface area contributed by atoms with Crippen molar-refractivity contribution in [2.24, 2.45) is 0 Å². The Bertz CT molecular complexity index is 427. The standard InChI is InChI=1S/C7H6BrNO2S/c8-6-1-3-9-7-5(6)2-4-12(7,10)11/h1,3H,2,4H2. The normalized spacial score (nSPS) is 19.1. The second-order valence-electron chi connectivity index (χ2n) is 2.65. The van der Waals surface area contributed by atoms with Gasteiger partial charge in [0, 0.05) is 16.2 Å². The Labute approximate surface area is 78.9 Å². The van der Waals surface area contributed by atoms with E-state index < -0.39 is 9.84 Å². The molecule has 0 unspecified atom stereocenters. The summed E-state index contributed by atoms with van der Waals surface area (Å²) < 4.78 is 23.5. The Morgan fingerprint density at radius 2 is 2.25 bits per heavy atom. The molecule has 2 rings (SSSR count). The lowest BCUT2D eigenvalue weighted by Gasteiger charge is -1.97. The van der Waals surface area contributed by atoms with Gasteiger partial charge in [0.25, 0.3) is 0 Å². The number of pyridine rings is 1. The van der Waals surface area contributed by atoms with Crippen LogP contribution in [0.1, 0.15) is 5.56 Å². The summed E-state index contributed by atoms with van der Waals surface area (Å²) in [7, 11) is -3.07. The van der Waals surface area contributed by atoms with Gasteiger partial charge < -0.3 is 0 Å². The lowest BCUT2D eigenvalue weighted by molar-refractivity contribution is 0.597. The molecule has 0 aliphatic carbocycles. The van der Waals surface area contributed by atoms with Gasteiger partial charge in [0.2, 0.25) is 0 Å². The maximum Gasteiger partial charge on any atom is 0.196 e. The molecule has 0 spiro atoms. The molecule has 1 aliphatic rings. The van der Waals surface area contributed by atoms with Crippen molar-refractivity contribution in [3.63, 3.8) is 0 Å². The van der Waals surface area contributed by atoms with Crippen molar-refractivity contribution < 1.29 is 8.42 Å². The molecule has 3 nitrogen and oxygen atoms in total. The van der Waals surface area contributed by atoms with E-state index in [1.165, 1.54) is 6.20 Å². The van der Waals surface area contributed by atoms with Gasteiger partial charge >= 0.3 is 0 Å². The van der Waals surface area contributed by atoms with E-state index in [2.05, 4.69) is 20.9 Å². The predicted molar refractivity (Wildman–Crippen MR) is 47.7 cm³/mol. The van der Waals surface area contributed by atoms with Crippen molar-refractivity contribution in [1.29, 1.82) is 0 Å². The smallest absolute Gasteiger partial charge is 0.196 e. The van der Waals surface area contributed by atoms with Crippen LogP contribution >= 0.6 is 15.9 Å². The molecular weight excluding hydrogens is 242 g/mol. The van der Waals surface area contributed by atoms with Crippen LogP contribution in [0.15, 0.2) is 21.8 Å². The summed E-state index contributed by atoms with van der Waals surface area (Å²) in [5, 5.41) is 0.247. The zero-order valence-corrected chi connectivity index (χ0v) is 8.52. The zero-order chi connectivity index (χ0) is 8.77. The highest BCUT2D eigenvalue weighted by atomic mass is 79.9. The van der Waals surface area contributed by atoms with Crippen molar-refractivity contribution in [2.75, 3.05) is 5.75 Å². The molecule has 1 aromatic rings. The van der Waals surface area contributed by atoms with E-state index >= 15 is 0 Å². The third-order valence-corrected chi connectivity index (χ3v) is 4.30. The van der Waals surface area contributed by atoms with E-state index in [9.17, 15) is 8.42 Å². The van der Waals surface area contributed by atoms with E-state index in [0.717, 1.165) is 10.0 Å². The number of sulfone groups is 1. The van der Waals surface area contributed by atoms with Crippen molar-refractivity contribution in [3.8, 4) is 0 Å². The van der Waals surface area contributed by atoms with Crippen molar-refractivity contribution in [2.45, 2.75) is 11.4 Å². The molecule has 1 aromatic heterocycles. The fraction of sp³-hybridized carbons (Fsp3) is 0.286. The molecule has 1 aliphatic heterocycles. The Morgan fingerprint density at radius 3 is 2.92 bits per heavy atom. The highest BCUT2D eigenvalue weighted by molar-refractivity contribution is 9.10. The average Bonchev–Trinajstić information content (AvgIpc) is 2.30. The van der Waals surface area contributed by atoms with Gasteiger partial charge in [0.05, 0.1) is 5.75 Å². The van der Waals surface area contributed by atoms with Crippen molar-refractivity contribution in [3.05, 3.63) is 22.3 Å². The number of aromatic nitrogens is 1. The van der Waals surface area contributed by atoms with Gasteiger partial charge in [-0.2, -0.15) is 0 Å². The Balaban J connectivity index is 2.78. The van der Waals surface area contributed by atoms with Gasteiger partial charge in [-0.25, -0.2) is 13.4 Å². The second kappa shape index (κ2) is 2.53. The summed E-state index contributed by atoms with van der Waals surface area (Å²) in [5.74, 6) is 0.192. The van der Waals surface area contributed by atoms with Crippen LogP contribution < -0.4 is 0 Å². The summed E-state index contributed by atoms with van der Waals surface area (Å²) >= 11 is 3.29. The number of hydrogen-bond acceptors (Lipinski definition) is 3. The summed E-state index contributed by atoms with van der Waals surface area (Å²) in [5.41, 5.74) is 0.817. The zero-order valence-electron chi connectivity index (χ0n) is 6.12. The van der Waals surface area contributed by atoms with Gasteiger partial charge in [-0.1, -0.05) is 15.9 Å². The quantitative estimate of drug-likeness (QED) is 0.692. The Kier molecular flexibility index (Phi) is 1.73. The van der Waals surface area contributed by atoms with Gasteiger partial charge in [-0.15, -0.1) is 0 Å². The first-order valence-corrected chi connectivity index (χ1v) is 5.92. The Morgan fingerprint density at radius 1 is 1.50 bits per heavy atom. The molecule has 0 N–H and O–H groups in total. The second-order valence-corrected chi connectivity index (χ2v) is 5.52. The molecule has 0 radical (unpaired) electrons. The summed E-state index contributed by atoms with van der Waals surface area (Å²) in [6.07, 6.45) is 2.08. The molecule has 0 atom stereocenters. The monoisotopic (exact) mass is 247 g/mol. The molecular formula is C7H6BrNO2S. The van der Waals surface area contributed by atoms with Crippen LogP contribution in [0, 0.1) is 0 Å². The third-order valence-electron chi connectivity index (χ3n) is 1.87. The molecule has 5 heteroatoms. The number of nitrogens with zero attached hydrogens (tertiary/aromatic N) is 1. The van der Waals surface area contributed by atoms with Gasteiger partial charge in [-0.3, -0.25) is 0 Å². The van der Waals surface area contributed by atoms with Crippen LogP contribution in [0.3, 0.4) is 0 Å². The molecule has 0 bridgehead atoms. The summed E-state index contributed by atoms with van der Waals surface area (Å²) in [6, 6.07) is 1.76. The lowest BCUT2D eigenvalue weighted by Crippen LogP contribution is -2.00. The van der Waals surface area contributed by atoms with E-state index in [1.54, 1.807) is 6.07 Å². The molecule has 12 heavy (non-hydrogen) atoms. The van der Waals surface area contributed by atoms with E-state index in [0.29, 0.717) is 6.42 Å². The fourth-order valence-corrected chi connectivity index (χ4v) is 3.39. The Hall–Kier alpha value is -0.420. The van der Waals surface area contributed by atoms with E-state index in [4.69, 9.17) is 0 Å². The average molecular weight is 248 g/mol. The van der Waals surface area contributed by atoms with Crippen LogP contribution in [0.4, 0.5) is 0 Å². The summed E-state index contributed by atoms with van der Waals surface area (Å²) in [6.45, 7) is 0. The first-order chi connectivity index (χ1) is 5.61. The number of fused-ring (bicyclic) bond motifs is 1. The molecule has 0 aromatic carbocycles. The van der Waals surface area contributed by atoms with E-state index in [-0.39, 0.29) is 10.8 Å². The minimum Gasteiger partial charge on any atom is -0.244 e. The first-order valence-electron chi connectivity index (χ1n) is 3.47. The number of hydrogen-bond donors (Lipinski definition) is 0. The van der Waals surface area contributed by atoms with Crippen LogP contribution in [-0.2, 0) is 16.3 Å². The van der Waals surface area contributed by atoms with Crippen molar-refractivity contribution >= 4 is 25.8 Å². The highest BCUT2D eigenvalue weighted by Crippen LogP contribution is 2.29.